The zero-order valence-corrected chi connectivity index (χ0v) is 15.1. The molecule has 1 atom stereocenters. The van der Waals surface area contributed by atoms with E-state index in [4.69, 9.17) is 11.6 Å². The Balaban J connectivity index is 2.25. The van der Waals surface area contributed by atoms with Gasteiger partial charge in [-0.1, -0.05) is 66.2 Å². The van der Waals surface area contributed by atoms with Crippen LogP contribution in [0.5, 0.6) is 0 Å². The van der Waals surface area contributed by atoms with Gasteiger partial charge < -0.3 is 5.11 Å². The SMILES string of the molecule is C=CC(=O)C(CO)c1c(-c2ccc(C)cc2)nn(-c2ccccc2)c1Cl. The quantitative estimate of drug-likeness (QED) is 0.660. The van der Waals surface area contributed by atoms with Crippen LogP contribution in [-0.2, 0) is 4.79 Å². The number of ketones is 1. The van der Waals surface area contributed by atoms with Crippen molar-refractivity contribution in [1.82, 2.24) is 9.78 Å². The van der Waals surface area contributed by atoms with Crippen LogP contribution in [0.4, 0.5) is 0 Å². The first kappa shape index (κ1) is 18.1. The molecule has 0 amide bonds. The highest BCUT2D eigenvalue weighted by Crippen LogP contribution is 2.36. The van der Waals surface area contributed by atoms with Crippen molar-refractivity contribution in [2.24, 2.45) is 0 Å². The number of rotatable bonds is 6. The molecule has 3 rings (SSSR count). The summed E-state index contributed by atoms with van der Waals surface area (Å²) in [7, 11) is 0. The van der Waals surface area contributed by atoms with E-state index in [1.54, 1.807) is 4.68 Å². The monoisotopic (exact) mass is 366 g/mol. The number of halogens is 1. The van der Waals surface area contributed by atoms with E-state index in [1.807, 2.05) is 61.5 Å². The number of allylic oxidation sites excluding steroid dienone is 1. The number of benzene rings is 2. The largest absolute Gasteiger partial charge is 0.395 e. The van der Waals surface area contributed by atoms with E-state index < -0.39 is 5.92 Å². The number of para-hydroxylation sites is 1. The summed E-state index contributed by atoms with van der Waals surface area (Å²) in [4.78, 5) is 12.3. The number of nitrogens with zero attached hydrogens (tertiary/aromatic N) is 2. The highest BCUT2D eigenvalue weighted by atomic mass is 35.5. The zero-order chi connectivity index (χ0) is 18.7. The number of aryl methyl sites for hydroxylation is 1. The minimum atomic E-state index is -0.811. The van der Waals surface area contributed by atoms with Gasteiger partial charge in [0.25, 0.3) is 0 Å². The summed E-state index contributed by atoms with van der Waals surface area (Å²) in [5, 5.41) is 14.8. The number of aliphatic hydroxyl groups excluding tert-OH is 1. The Morgan fingerprint density at radius 3 is 2.46 bits per heavy atom. The van der Waals surface area contributed by atoms with Gasteiger partial charge in [-0.25, -0.2) is 4.68 Å². The van der Waals surface area contributed by atoms with Gasteiger partial charge in [-0.3, -0.25) is 4.79 Å². The fourth-order valence-corrected chi connectivity index (χ4v) is 3.21. The molecule has 1 aromatic heterocycles. The summed E-state index contributed by atoms with van der Waals surface area (Å²) in [6.45, 7) is 5.16. The lowest BCUT2D eigenvalue weighted by Crippen LogP contribution is -2.15. The first-order valence-electron chi connectivity index (χ1n) is 8.24. The molecule has 0 radical (unpaired) electrons. The molecular weight excluding hydrogens is 348 g/mol. The van der Waals surface area contributed by atoms with E-state index in [-0.39, 0.29) is 12.4 Å². The van der Waals surface area contributed by atoms with Crippen LogP contribution in [0.1, 0.15) is 17.0 Å². The Hall–Kier alpha value is -2.69. The second-order valence-corrected chi connectivity index (χ2v) is 6.37. The van der Waals surface area contributed by atoms with Gasteiger partial charge in [-0.15, -0.1) is 0 Å². The molecule has 4 nitrogen and oxygen atoms in total. The molecule has 0 aliphatic rings. The molecule has 0 aliphatic heterocycles. The lowest BCUT2D eigenvalue weighted by atomic mass is 9.93. The summed E-state index contributed by atoms with van der Waals surface area (Å²) in [6, 6.07) is 17.2. The summed E-state index contributed by atoms with van der Waals surface area (Å²) in [5.41, 5.74) is 3.81. The van der Waals surface area contributed by atoms with E-state index in [0.29, 0.717) is 16.4 Å². The maximum absolute atomic E-state index is 12.3. The van der Waals surface area contributed by atoms with Crippen LogP contribution in [0.15, 0.2) is 67.3 Å². The fourth-order valence-electron chi connectivity index (χ4n) is 2.85. The average molecular weight is 367 g/mol. The molecule has 5 heteroatoms. The molecule has 1 N–H and O–H groups in total. The predicted molar refractivity (Wildman–Crippen MR) is 104 cm³/mol. The number of hydrogen-bond donors (Lipinski definition) is 1. The maximum Gasteiger partial charge on any atom is 0.165 e. The maximum atomic E-state index is 12.3. The first-order valence-corrected chi connectivity index (χ1v) is 8.62. The molecule has 2 aromatic carbocycles. The molecule has 26 heavy (non-hydrogen) atoms. The Bertz CT molecular complexity index is 931. The van der Waals surface area contributed by atoms with E-state index in [2.05, 4.69) is 11.7 Å². The van der Waals surface area contributed by atoms with Gasteiger partial charge in [-0.2, -0.15) is 5.10 Å². The van der Waals surface area contributed by atoms with Crippen LogP contribution < -0.4 is 0 Å². The predicted octanol–water partition coefficient (Wildman–Crippen LogP) is 4.33. The number of carbonyl (C=O) groups excluding carboxylic acids is 1. The van der Waals surface area contributed by atoms with Crippen molar-refractivity contribution in [3.8, 4) is 16.9 Å². The number of hydrogen-bond acceptors (Lipinski definition) is 3. The third-order valence-electron chi connectivity index (χ3n) is 4.26. The minimum Gasteiger partial charge on any atom is -0.395 e. The Morgan fingerprint density at radius 2 is 1.88 bits per heavy atom. The Morgan fingerprint density at radius 1 is 1.23 bits per heavy atom. The van der Waals surface area contributed by atoms with Gasteiger partial charge in [0.05, 0.1) is 23.9 Å². The Labute approximate surface area is 157 Å². The average Bonchev–Trinajstić information content (AvgIpc) is 3.01. The minimum absolute atomic E-state index is 0.296. The molecule has 1 unspecified atom stereocenters. The normalized spacial score (nSPS) is 12.0. The molecular formula is C21H19ClN2O2. The molecule has 0 aliphatic carbocycles. The van der Waals surface area contributed by atoms with Crippen molar-refractivity contribution in [2.75, 3.05) is 6.61 Å². The number of aromatic nitrogens is 2. The molecule has 0 saturated carbocycles. The summed E-state index contributed by atoms with van der Waals surface area (Å²) >= 11 is 6.62. The second-order valence-electron chi connectivity index (χ2n) is 6.01. The van der Waals surface area contributed by atoms with Crippen LogP contribution in [0.25, 0.3) is 16.9 Å². The molecule has 0 saturated heterocycles. The smallest absolute Gasteiger partial charge is 0.165 e. The van der Waals surface area contributed by atoms with Crippen molar-refractivity contribution in [3.05, 3.63) is 83.5 Å². The molecule has 0 spiro atoms. The van der Waals surface area contributed by atoms with E-state index in [9.17, 15) is 9.90 Å². The zero-order valence-electron chi connectivity index (χ0n) is 14.4. The highest BCUT2D eigenvalue weighted by molar-refractivity contribution is 6.31. The van der Waals surface area contributed by atoms with E-state index in [1.165, 1.54) is 6.08 Å². The van der Waals surface area contributed by atoms with E-state index in [0.717, 1.165) is 16.8 Å². The third kappa shape index (κ3) is 3.34. The number of aliphatic hydroxyl groups is 1. The van der Waals surface area contributed by atoms with Gasteiger partial charge in [-0.05, 0) is 25.1 Å². The van der Waals surface area contributed by atoms with E-state index >= 15 is 0 Å². The van der Waals surface area contributed by atoms with Crippen LogP contribution in [-0.4, -0.2) is 27.3 Å². The lowest BCUT2D eigenvalue weighted by Gasteiger charge is -2.12. The topological polar surface area (TPSA) is 55.1 Å². The van der Waals surface area contributed by atoms with Crippen molar-refractivity contribution in [2.45, 2.75) is 12.8 Å². The molecule has 0 bridgehead atoms. The summed E-state index contributed by atoms with van der Waals surface area (Å²) in [6.07, 6.45) is 1.20. The molecule has 3 aromatic rings. The van der Waals surface area contributed by atoms with Crippen molar-refractivity contribution < 1.29 is 9.90 Å². The van der Waals surface area contributed by atoms with Gasteiger partial charge in [0.2, 0.25) is 0 Å². The second kappa shape index (κ2) is 7.68. The van der Waals surface area contributed by atoms with Crippen LogP contribution in [0.2, 0.25) is 5.15 Å². The molecule has 1 heterocycles. The first-order chi connectivity index (χ1) is 12.6. The van der Waals surface area contributed by atoms with Gasteiger partial charge >= 0.3 is 0 Å². The molecule has 132 valence electrons. The van der Waals surface area contributed by atoms with Crippen LogP contribution in [0.3, 0.4) is 0 Å². The summed E-state index contributed by atoms with van der Waals surface area (Å²) < 4.78 is 1.59. The lowest BCUT2D eigenvalue weighted by molar-refractivity contribution is -0.116. The van der Waals surface area contributed by atoms with Crippen molar-refractivity contribution >= 4 is 17.4 Å². The Kier molecular flexibility index (Phi) is 5.35. The van der Waals surface area contributed by atoms with Crippen LogP contribution in [0, 0.1) is 6.92 Å². The van der Waals surface area contributed by atoms with Crippen molar-refractivity contribution in [1.29, 1.82) is 0 Å². The highest BCUT2D eigenvalue weighted by Gasteiger charge is 2.29. The van der Waals surface area contributed by atoms with Crippen LogP contribution >= 0.6 is 11.6 Å². The van der Waals surface area contributed by atoms with Gasteiger partial charge in [0, 0.05) is 11.1 Å². The van der Waals surface area contributed by atoms with Gasteiger partial charge in [0.1, 0.15) is 5.15 Å². The van der Waals surface area contributed by atoms with Gasteiger partial charge in [0.15, 0.2) is 5.78 Å². The van der Waals surface area contributed by atoms with Crippen molar-refractivity contribution in [3.63, 3.8) is 0 Å². The fraction of sp³-hybridized carbons (Fsp3) is 0.143. The standard InChI is InChI=1S/C21H19ClN2O2/c1-3-18(26)17(13-25)19-20(15-11-9-14(2)10-12-15)23-24(21(19)22)16-7-5-4-6-8-16/h3-12,17,25H,1,13H2,2H3. The number of carbonyl (C=O) groups is 1. The molecule has 0 fully saturated rings. The third-order valence-corrected chi connectivity index (χ3v) is 4.63. The summed E-state index contributed by atoms with van der Waals surface area (Å²) in [5.74, 6) is -1.11.